The van der Waals surface area contributed by atoms with Crippen LogP contribution in [0, 0.1) is 24.7 Å². The van der Waals surface area contributed by atoms with E-state index in [0.717, 1.165) is 59.2 Å². The van der Waals surface area contributed by atoms with Crippen LogP contribution in [-0.2, 0) is 17.5 Å². The molecule has 2 aliphatic rings. The molecule has 5 heteroatoms. The maximum absolute atomic E-state index is 13.2. The maximum Gasteiger partial charge on any atom is 0.416 e. The molecule has 1 unspecified atom stereocenters. The molecule has 3 rings (SSSR count). The molecule has 0 amide bonds. The Hall–Kier alpha value is -2.66. The first-order chi connectivity index (χ1) is 18.0. The van der Waals surface area contributed by atoms with Crippen LogP contribution in [-0.4, -0.2) is 12.4 Å². The molecule has 0 aliphatic heterocycles. The standard InChI is InChI=1S/C34H43F3O2/c1-22(11-10-16-33(7,8)21-39-20-25-12-9-13-27(18-25)34(35,36)37)26-15-14-23(2)30-28(19-26)24(3)17-29(30)31(38)32(4,5)6/h9,12-15,17-19,22H,10-11,16,20-21H2,1-8H3. The van der Waals surface area contributed by atoms with Crippen LogP contribution in [0.3, 0.4) is 0 Å². The van der Waals surface area contributed by atoms with E-state index in [9.17, 15) is 18.0 Å². The Morgan fingerprint density at radius 3 is 2.26 bits per heavy atom. The number of hydrogen-bond acceptors (Lipinski definition) is 2. The fourth-order valence-corrected chi connectivity index (χ4v) is 5.14. The van der Waals surface area contributed by atoms with Gasteiger partial charge in [-0.2, -0.15) is 13.2 Å². The van der Waals surface area contributed by atoms with Gasteiger partial charge >= 0.3 is 6.18 Å². The summed E-state index contributed by atoms with van der Waals surface area (Å²) in [6, 6.07) is 14.0. The molecule has 1 aromatic carbocycles. The molecule has 0 spiro atoms. The first kappa shape index (κ1) is 30.9. The lowest BCUT2D eigenvalue weighted by molar-refractivity contribution is -0.137. The van der Waals surface area contributed by atoms with E-state index in [1.807, 2.05) is 26.8 Å². The highest BCUT2D eigenvalue weighted by atomic mass is 19.4. The average Bonchev–Trinajstić information content (AvgIpc) is 3.04. The van der Waals surface area contributed by atoms with Gasteiger partial charge in [0.1, 0.15) is 0 Å². The Bertz CT molecular complexity index is 1260. The van der Waals surface area contributed by atoms with Crippen molar-refractivity contribution in [3.63, 3.8) is 0 Å². The van der Waals surface area contributed by atoms with E-state index in [2.05, 4.69) is 52.8 Å². The number of hydrogen-bond donors (Lipinski definition) is 0. The zero-order valence-electron chi connectivity index (χ0n) is 24.7. The fraction of sp³-hybridized carbons (Fsp3) is 0.500. The second-order valence-corrected chi connectivity index (χ2v) is 12.9. The summed E-state index contributed by atoms with van der Waals surface area (Å²) in [5.41, 5.74) is 5.89. The van der Waals surface area contributed by atoms with Gasteiger partial charge in [-0.05, 0) is 89.6 Å². The first-order valence-corrected chi connectivity index (χ1v) is 13.8. The third-order valence-corrected chi connectivity index (χ3v) is 7.56. The van der Waals surface area contributed by atoms with Crippen molar-refractivity contribution in [2.45, 2.75) is 93.4 Å². The van der Waals surface area contributed by atoms with E-state index in [-0.39, 0.29) is 17.8 Å². The second kappa shape index (κ2) is 11.8. The summed E-state index contributed by atoms with van der Waals surface area (Å²) in [6.07, 6.45) is -1.38. The number of Topliss-reactive ketones (excluding diaryl/α,β-unsaturated/α-hetero) is 1. The average molecular weight is 541 g/mol. The van der Waals surface area contributed by atoms with Gasteiger partial charge in [0.2, 0.25) is 0 Å². The van der Waals surface area contributed by atoms with E-state index in [1.165, 1.54) is 11.6 Å². The number of fused-ring (bicyclic) bond motifs is 1. The van der Waals surface area contributed by atoms with E-state index >= 15 is 0 Å². The molecule has 2 aliphatic carbocycles. The van der Waals surface area contributed by atoms with E-state index in [4.69, 9.17) is 4.74 Å². The summed E-state index contributed by atoms with van der Waals surface area (Å²) in [4.78, 5) is 13.2. The summed E-state index contributed by atoms with van der Waals surface area (Å²) < 4.78 is 44.7. The van der Waals surface area contributed by atoms with Crippen LogP contribution in [0.15, 0.2) is 48.5 Å². The molecule has 0 heterocycles. The third-order valence-electron chi connectivity index (χ3n) is 7.56. The van der Waals surface area contributed by atoms with Crippen molar-refractivity contribution < 1.29 is 22.7 Å². The normalized spacial score (nSPS) is 13.6. The van der Waals surface area contributed by atoms with Gasteiger partial charge in [0.25, 0.3) is 0 Å². The molecule has 39 heavy (non-hydrogen) atoms. The molecule has 2 nitrogen and oxygen atoms in total. The van der Waals surface area contributed by atoms with Gasteiger partial charge in [-0.3, -0.25) is 4.79 Å². The minimum atomic E-state index is -4.35. The first-order valence-electron chi connectivity index (χ1n) is 13.8. The minimum Gasteiger partial charge on any atom is -0.376 e. The number of carbonyl (C=O) groups excluding carboxylic acids is 1. The molecule has 0 saturated carbocycles. The summed E-state index contributed by atoms with van der Waals surface area (Å²) in [6.45, 7) is 17.2. The van der Waals surface area contributed by atoms with Crippen LogP contribution in [0.25, 0.3) is 11.1 Å². The number of alkyl halides is 3. The number of rotatable bonds is 10. The lowest BCUT2D eigenvalue weighted by atomic mass is 9.85. The molecule has 0 bridgehead atoms. The molecule has 0 N–H and O–H groups in total. The number of benzene rings is 1. The van der Waals surface area contributed by atoms with Crippen molar-refractivity contribution >= 4 is 5.78 Å². The van der Waals surface area contributed by atoms with Gasteiger partial charge in [0.15, 0.2) is 5.78 Å². The number of carbonyl (C=O) groups is 1. The number of halogens is 3. The van der Waals surface area contributed by atoms with E-state index in [0.29, 0.717) is 18.1 Å². The van der Waals surface area contributed by atoms with Gasteiger partial charge < -0.3 is 4.74 Å². The molecule has 0 aromatic heterocycles. The fourth-order valence-electron chi connectivity index (χ4n) is 5.14. The quantitative estimate of drug-likeness (QED) is 0.239. The van der Waals surface area contributed by atoms with Crippen LogP contribution in [0.5, 0.6) is 0 Å². The summed E-state index contributed by atoms with van der Waals surface area (Å²) in [5, 5.41) is 0. The van der Waals surface area contributed by atoms with Crippen molar-refractivity contribution in [1.82, 2.24) is 0 Å². The second-order valence-electron chi connectivity index (χ2n) is 12.9. The van der Waals surface area contributed by atoms with Crippen LogP contribution in [0.4, 0.5) is 13.2 Å². The lowest BCUT2D eigenvalue weighted by Gasteiger charge is -2.25. The number of aryl methyl sites for hydroxylation is 2. The Labute approximate surface area is 232 Å². The Balaban J connectivity index is 1.60. The number of ether oxygens (including phenoxy) is 1. The smallest absolute Gasteiger partial charge is 0.376 e. The van der Waals surface area contributed by atoms with Crippen molar-refractivity contribution in [2.75, 3.05) is 6.61 Å². The largest absolute Gasteiger partial charge is 0.416 e. The molecule has 1 atom stereocenters. The Kier molecular flexibility index (Phi) is 9.37. The summed E-state index contributed by atoms with van der Waals surface area (Å²) in [5.74, 6) is 0.514. The zero-order valence-corrected chi connectivity index (χ0v) is 24.7. The van der Waals surface area contributed by atoms with Crippen molar-refractivity contribution in [3.8, 4) is 11.1 Å². The summed E-state index contributed by atoms with van der Waals surface area (Å²) >= 11 is 0. The molecule has 0 fully saturated rings. The van der Waals surface area contributed by atoms with Gasteiger partial charge in [-0.25, -0.2) is 0 Å². The molecular formula is C34H43F3O2. The SMILES string of the molecule is Cc1cc(C(=O)C(C)(C)C)c2c(C)ccc(C(C)CCCC(C)(C)COCc3cccc(C(F)(F)F)c3)cc1-2. The molecule has 0 saturated heterocycles. The molecule has 0 radical (unpaired) electrons. The van der Waals surface area contributed by atoms with Gasteiger partial charge in [-0.1, -0.05) is 78.3 Å². The van der Waals surface area contributed by atoms with E-state index in [1.54, 1.807) is 6.07 Å². The van der Waals surface area contributed by atoms with Gasteiger partial charge in [0, 0.05) is 11.0 Å². The van der Waals surface area contributed by atoms with Crippen LogP contribution < -0.4 is 0 Å². The summed E-state index contributed by atoms with van der Waals surface area (Å²) in [7, 11) is 0. The third kappa shape index (κ3) is 7.94. The maximum atomic E-state index is 13.2. The highest BCUT2D eigenvalue weighted by molar-refractivity contribution is 6.07. The van der Waals surface area contributed by atoms with Crippen LogP contribution >= 0.6 is 0 Å². The van der Waals surface area contributed by atoms with Crippen molar-refractivity contribution in [1.29, 1.82) is 0 Å². The highest BCUT2D eigenvalue weighted by Crippen LogP contribution is 2.39. The molecular weight excluding hydrogens is 497 g/mol. The van der Waals surface area contributed by atoms with Gasteiger partial charge in [0.05, 0.1) is 18.8 Å². The van der Waals surface area contributed by atoms with Crippen LogP contribution in [0.2, 0.25) is 0 Å². The predicted molar refractivity (Wildman–Crippen MR) is 153 cm³/mol. The Morgan fingerprint density at radius 2 is 1.62 bits per heavy atom. The highest BCUT2D eigenvalue weighted by Gasteiger charge is 2.31. The van der Waals surface area contributed by atoms with Crippen LogP contribution in [0.1, 0.15) is 105 Å². The topological polar surface area (TPSA) is 26.3 Å². The van der Waals surface area contributed by atoms with Gasteiger partial charge in [-0.15, -0.1) is 0 Å². The van der Waals surface area contributed by atoms with Crippen molar-refractivity contribution in [2.24, 2.45) is 10.8 Å². The predicted octanol–water partition coefficient (Wildman–Crippen LogP) is 10.2. The Morgan fingerprint density at radius 1 is 0.923 bits per heavy atom. The molecule has 1 aromatic rings. The lowest BCUT2D eigenvalue weighted by Crippen LogP contribution is -2.20. The van der Waals surface area contributed by atoms with Crippen molar-refractivity contribution in [3.05, 3.63) is 81.9 Å². The molecule has 212 valence electrons. The monoisotopic (exact) mass is 540 g/mol. The zero-order chi connectivity index (χ0) is 29.2. The number of ketones is 1. The van der Waals surface area contributed by atoms with E-state index < -0.39 is 17.2 Å². The minimum absolute atomic E-state index is 0.0863.